The fourth-order valence-electron chi connectivity index (χ4n) is 3.26. The molecule has 0 saturated carbocycles. The molecule has 0 aliphatic carbocycles. The fraction of sp³-hybridized carbons (Fsp3) is 0.185. The molecule has 4 rings (SSSR count). The van der Waals surface area contributed by atoms with Crippen LogP contribution in [0.4, 0.5) is 5.69 Å². The molecule has 0 atom stereocenters. The van der Waals surface area contributed by atoms with Gasteiger partial charge in [-0.05, 0) is 87.4 Å². The number of nitrogens with one attached hydrogen (secondary N) is 1. The van der Waals surface area contributed by atoms with Gasteiger partial charge in [-0.2, -0.15) is 0 Å². The number of nitrogens with zero attached hydrogens (tertiary/aromatic N) is 1. The van der Waals surface area contributed by atoms with Crippen molar-refractivity contribution in [1.29, 1.82) is 0 Å². The number of hydrogen-bond donors (Lipinski definition) is 1. The van der Waals surface area contributed by atoms with Crippen LogP contribution in [0.1, 0.15) is 38.5 Å². The van der Waals surface area contributed by atoms with E-state index in [0.29, 0.717) is 11.5 Å². The highest BCUT2D eigenvalue weighted by Gasteiger charge is 2.13. The van der Waals surface area contributed by atoms with E-state index in [1.54, 1.807) is 23.9 Å². The van der Waals surface area contributed by atoms with Crippen molar-refractivity contribution < 1.29 is 9.21 Å². The van der Waals surface area contributed by atoms with Crippen molar-refractivity contribution >= 4 is 23.4 Å². The Kier molecular flexibility index (Phi) is 6.47. The SMILES string of the molecule is Cc1ccc(SCc2nc(-c3ccc(C(=O)Nc4ccc(C)c(C)c4)cc3)oc2C)cc1. The summed E-state index contributed by atoms with van der Waals surface area (Å²) in [5.74, 6) is 1.99. The van der Waals surface area contributed by atoms with Gasteiger partial charge in [-0.25, -0.2) is 4.98 Å². The van der Waals surface area contributed by atoms with E-state index in [1.165, 1.54) is 16.0 Å². The lowest BCUT2D eigenvalue weighted by molar-refractivity contribution is 0.102. The molecule has 0 spiro atoms. The number of anilines is 1. The number of amides is 1. The topological polar surface area (TPSA) is 55.1 Å². The zero-order valence-electron chi connectivity index (χ0n) is 18.7. The van der Waals surface area contributed by atoms with Crippen molar-refractivity contribution in [2.75, 3.05) is 5.32 Å². The van der Waals surface area contributed by atoms with Crippen molar-refractivity contribution in [2.45, 2.75) is 38.3 Å². The molecule has 1 N–H and O–H groups in total. The number of rotatable bonds is 6. The van der Waals surface area contributed by atoms with Crippen molar-refractivity contribution in [3.8, 4) is 11.5 Å². The van der Waals surface area contributed by atoms with E-state index in [9.17, 15) is 4.79 Å². The van der Waals surface area contributed by atoms with Crippen LogP contribution in [0.2, 0.25) is 0 Å². The Labute approximate surface area is 193 Å². The van der Waals surface area contributed by atoms with Crippen LogP contribution < -0.4 is 5.32 Å². The van der Waals surface area contributed by atoms with Gasteiger partial charge in [-0.15, -0.1) is 11.8 Å². The quantitative estimate of drug-likeness (QED) is 0.323. The summed E-state index contributed by atoms with van der Waals surface area (Å²) in [5, 5.41) is 2.95. The number of carbonyl (C=O) groups is 1. The van der Waals surface area contributed by atoms with E-state index in [4.69, 9.17) is 4.42 Å². The van der Waals surface area contributed by atoms with Gasteiger partial charge in [0, 0.05) is 27.5 Å². The van der Waals surface area contributed by atoms with E-state index in [1.807, 2.05) is 44.2 Å². The Morgan fingerprint density at radius 3 is 2.31 bits per heavy atom. The minimum absolute atomic E-state index is 0.140. The Hall–Kier alpha value is -3.31. The van der Waals surface area contributed by atoms with Crippen LogP contribution in [0, 0.1) is 27.7 Å². The second-order valence-corrected chi connectivity index (χ2v) is 9.00. The number of oxazole rings is 1. The third-order valence-corrected chi connectivity index (χ3v) is 6.47. The molecule has 1 heterocycles. The first-order valence-corrected chi connectivity index (χ1v) is 11.5. The minimum Gasteiger partial charge on any atom is -0.441 e. The lowest BCUT2D eigenvalue weighted by atomic mass is 10.1. The molecule has 4 nitrogen and oxygen atoms in total. The third-order valence-electron chi connectivity index (χ3n) is 5.45. The maximum Gasteiger partial charge on any atom is 0.255 e. The number of aromatic nitrogens is 1. The van der Waals surface area contributed by atoms with Gasteiger partial charge in [0.05, 0.1) is 5.69 Å². The van der Waals surface area contributed by atoms with Gasteiger partial charge in [-0.3, -0.25) is 4.79 Å². The highest BCUT2D eigenvalue weighted by molar-refractivity contribution is 7.98. The Morgan fingerprint density at radius 1 is 0.906 bits per heavy atom. The Balaban J connectivity index is 1.43. The van der Waals surface area contributed by atoms with Gasteiger partial charge < -0.3 is 9.73 Å². The summed E-state index contributed by atoms with van der Waals surface area (Å²) in [6.07, 6.45) is 0. The molecule has 1 aromatic heterocycles. The molecule has 0 unspecified atom stereocenters. The molecular weight excluding hydrogens is 416 g/mol. The van der Waals surface area contributed by atoms with Gasteiger partial charge in [-0.1, -0.05) is 23.8 Å². The van der Waals surface area contributed by atoms with Crippen LogP contribution in [-0.4, -0.2) is 10.9 Å². The zero-order chi connectivity index (χ0) is 22.7. The lowest BCUT2D eigenvalue weighted by Crippen LogP contribution is -2.11. The second-order valence-electron chi connectivity index (χ2n) is 7.95. The molecule has 0 radical (unpaired) electrons. The summed E-state index contributed by atoms with van der Waals surface area (Å²) in [6, 6.07) is 21.7. The number of aryl methyl sites for hydroxylation is 4. The maximum atomic E-state index is 12.6. The predicted octanol–water partition coefficient (Wildman–Crippen LogP) is 7.12. The highest BCUT2D eigenvalue weighted by Crippen LogP contribution is 2.28. The van der Waals surface area contributed by atoms with E-state index in [0.717, 1.165) is 34.0 Å². The van der Waals surface area contributed by atoms with Gasteiger partial charge in [0.2, 0.25) is 5.89 Å². The predicted molar refractivity (Wildman–Crippen MR) is 131 cm³/mol. The number of thioether (sulfide) groups is 1. The highest BCUT2D eigenvalue weighted by atomic mass is 32.2. The summed E-state index contributed by atoms with van der Waals surface area (Å²) in [5.41, 5.74) is 6.76. The number of carbonyl (C=O) groups excluding carboxylic acids is 1. The summed E-state index contributed by atoms with van der Waals surface area (Å²) in [4.78, 5) is 18.5. The van der Waals surface area contributed by atoms with Crippen LogP contribution in [0.5, 0.6) is 0 Å². The molecule has 32 heavy (non-hydrogen) atoms. The Morgan fingerprint density at radius 2 is 1.62 bits per heavy atom. The first-order chi connectivity index (χ1) is 15.4. The molecule has 162 valence electrons. The average molecular weight is 443 g/mol. The van der Waals surface area contributed by atoms with E-state index >= 15 is 0 Å². The number of benzene rings is 3. The first-order valence-electron chi connectivity index (χ1n) is 10.5. The second kappa shape index (κ2) is 9.45. The van der Waals surface area contributed by atoms with Gasteiger partial charge in [0.25, 0.3) is 5.91 Å². The van der Waals surface area contributed by atoms with E-state index in [-0.39, 0.29) is 5.91 Å². The van der Waals surface area contributed by atoms with Crippen molar-refractivity contribution in [3.63, 3.8) is 0 Å². The largest absolute Gasteiger partial charge is 0.441 e. The van der Waals surface area contributed by atoms with Crippen LogP contribution in [0.3, 0.4) is 0 Å². The van der Waals surface area contributed by atoms with Crippen molar-refractivity contribution in [2.24, 2.45) is 0 Å². The monoisotopic (exact) mass is 442 g/mol. The van der Waals surface area contributed by atoms with Crippen LogP contribution in [0.25, 0.3) is 11.5 Å². The van der Waals surface area contributed by atoms with Crippen LogP contribution in [-0.2, 0) is 5.75 Å². The normalized spacial score (nSPS) is 10.9. The molecule has 1 amide bonds. The molecule has 3 aromatic carbocycles. The van der Waals surface area contributed by atoms with Crippen LogP contribution in [0.15, 0.2) is 76.0 Å². The van der Waals surface area contributed by atoms with Crippen LogP contribution >= 0.6 is 11.8 Å². The Bertz CT molecular complexity index is 1240. The number of hydrogen-bond acceptors (Lipinski definition) is 4. The molecule has 0 fully saturated rings. The van der Waals surface area contributed by atoms with Crippen molar-refractivity contribution in [1.82, 2.24) is 4.98 Å². The van der Waals surface area contributed by atoms with Crippen molar-refractivity contribution in [3.05, 3.63) is 100 Å². The molecular formula is C27H26N2O2S. The fourth-order valence-corrected chi connectivity index (χ4v) is 4.16. The molecule has 5 heteroatoms. The summed E-state index contributed by atoms with van der Waals surface area (Å²) in [7, 11) is 0. The summed E-state index contributed by atoms with van der Waals surface area (Å²) >= 11 is 1.74. The first kappa shape index (κ1) is 21.9. The molecule has 0 saturated heterocycles. The molecule has 0 bridgehead atoms. The minimum atomic E-state index is -0.140. The summed E-state index contributed by atoms with van der Waals surface area (Å²) in [6.45, 7) is 8.11. The maximum absolute atomic E-state index is 12.6. The molecule has 0 aliphatic heterocycles. The lowest BCUT2D eigenvalue weighted by Gasteiger charge is -2.08. The zero-order valence-corrected chi connectivity index (χ0v) is 19.5. The smallest absolute Gasteiger partial charge is 0.255 e. The molecule has 0 aliphatic rings. The van der Waals surface area contributed by atoms with Gasteiger partial charge in [0.1, 0.15) is 5.76 Å². The average Bonchev–Trinajstić information content (AvgIpc) is 3.16. The standard InChI is InChI=1S/C27H26N2O2S/c1-17-5-13-24(14-6-17)32-16-25-20(4)31-27(29-25)22-10-8-21(9-11-22)26(30)28-23-12-7-18(2)19(3)15-23/h5-15H,16H2,1-4H3,(H,28,30). The van der Waals surface area contributed by atoms with Gasteiger partial charge in [0.15, 0.2) is 0 Å². The van der Waals surface area contributed by atoms with Gasteiger partial charge >= 0.3 is 0 Å². The molecule has 4 aromatic rings. The third kappa shape index (κ3) is 5.11. The van der Waals surface area contributed by atoms with E-state index < -0.39 is 0 Å². The summed E-state index contributed by atoms with van der Waals surface area (Å²) < 4.78 is 5.90. The van der Waals surface area contributed by atoms with E-state index in [2.05, 4.69) is 48.4 Å².